The van der Waals surface area contributed by atoms with Crippen LogP contribution in [0.1, 0.15) is 37.5 Å². The zero-order chi connectivity index (χ0) is 11.5. The molecule has 94 valence electrons. The van der Waals surface area contributed by atoms with Crippen molar-refractivity contribution in [3.63, 3.8) is 0 Å². The van der Waals surface area contributed by atoms with Crippen LogP contribution in [0.4, 0.5) is 0 Å². The summed E-state index contributed by atoms with van der Waals surface area (Å²) in [5, 5.41) is 12.3. The maximum absolute atomic E-state index is 4.23. The maximum atomic E-state index is 4.23. The second-order valence-corrected chi connectivity index (χ2v) is 6.24. The van der Waals surface area contributed by atoms with Crippen LogP contribution in [0.2, 0.25) is 0 Å². The Balaban J connectivity index is 1.67. The van der Waals surface area contributed by atoms with Crippen molar-refractivity contribution in [2.45, 2.75) is 38.3 Å². The van der Waals surface area contributed by atoms with Crippen LogP contribution in [0, 0.1) is 0 Å². The fraction of sp³-hybridized carbons (Fsp3) is 0.909. The van der Waals surface area contributed by atoms with E-state index in [0.29, 0.717) is 6.04 Å². The summed E-state index contributed by atoms with van der Waals surface area (Å²) in [5.74, 6) is 3.65. The van der Waals surface area contributed by atoms with Gasteiger partial charge in [-0.25, -0.2) is 4.68 Å². The van der Waals surface area contributed by atoms with E-state index in [-0.39, 0.29) is 0 Å². The van der Waals surface area contributed by atoms with Crippen LogP contribution >= 0.6 is 11.8 Å². The van der Waals surface area contributed by atoms with Gasteiger partial charge >= 0.3 is 0 Å². The molecular formula is C11H20N5S+. The summed E-state index contributed by atoms with van der Waals surface area (Å²) in [7, 11) is 0. The molecule has 1 saturated heterocycles. The largest absolute Gasteiger partial charge is 0.327 e. The summed E-state index contributed by atoms with van der Waals surface area (Å²) in [4.78, 5) is 1.64. The minimum Gasteiger partial charge on any atom is -0.327 e. The highest BCUT2D eigenvalue weighted by atomic mass is 32.2. The van der Waals surface area contributed by atoms with E-state index in [1.54, 1.807) is 4.90 Å². The fourth-order valence-electron chi connectivity index (χ4n) is 2.82. The van der Waals surface area contributed by atoms with E-state index in [1.165, 1.54) is 50.3 Å². The van der Waals surface area contributed by atoms with Crippen molar-refractivity contribution in [1.82, 2.24) is 20.2 Å². The molecule has 0 bridgehead atoms. The van der Waals surface area contributed by atoms with Gasteiger partial charge in [0.25, 0.3) is 0 Å². The molecule has 1 aliphatic carbocycles. The molecule has 0 atom stereocenters. The Morgan fingerprint density at radius 3 is 2.76 bits per heavy atom. The highest BCUT2D eigenvalue weighted by Gasteiger charge is 2.24. The number of tetrazole rings is 1. The number of hydrogen-bond acceptors (Lipinski definition) is 4. The average Bonchev–Trinajstić information content (AvgIpc) is 3.00. The number of nitrogens with zero attached hydrogens (tertiary/aromatic N) is 4. The van der Waals surface area contributed by atoms with Gasteiger partial charge < -0.3 is 4.90 Å². The second kappa shape index (κ2) is 5.35. The second-order valence-electron chi connectivity index (χ2n) is 5.02. The first-order valence-corrected chi connectivity index (χ1v) is 7.77. The first-order valence-electron chi connectivity index (χ1n) is 6.61. The summed E-state index contributed by atoms with van der Waals surface area (Å²) in [5.41, 5.74) is 0. The number of quaternary nitrogens is 1. The monoisotopic (exact) mass is 254 g/mol. The van der Waals surface area contributed by atoms with Gasteiger partial charge in [0.15, 0.2) is 0 Å². The van der Waals surface area contributed by atoms with E-state index >= 15 is 0 Å². The summed E-state index contributed by atoms with van der Waals surface area (Å²) < 4.78 is 2.10. The van der Waals surface area contributed by atoms with Crippen molar-refractivity contribution < 1.29 is 4.90 Å². The van der Waals surface area contributed by atoms with Gasteiger partial charge in [-0.15, -0.1) is 5.10 Å². The Morgan fingerprint density at radius 1 is 1.24 bits per heavy atom. The quantitative estimate of drug-likeness (QED) is 0.820. The molecule has 0 radical (unpaired) electrons. The average molecular weight is 254 g/mol. The highest BCUT2D eigenvalue weighted by molar-refractivity contribution is 7.99. The van der Waals surface area contributed by atoms with Crippen LogP contribution in [0.5, 0.6) is 0 Å². The van der Waals surface area contributed by atoms with Crippen molar-refractivity contribution in [3.05, 3.63) is 5.82 Å². The van der Waals surface area contributed by atoms with Crippen LogP contribution in [-0.4, -0.2) is 44.8 Å². The van der Waals surface area contributed by atoms with Crippen molar-refractivity contribution >= 4 is 11.8 Å². The van der Waals surface area contributed by atoms with Crippen LogP contribution < -0.4 is 4.90 Å². The van der Waals surface area contributed by atoms with E-state index in [0.717, 1.165) is 12.4 Å². The molecule has 17 heavy (non-hydrogen) atoms. The minimum atomic E-state index is 0.568. The third-order valence-corrected chi connectivity index (χ3v) is 4.83. The Bertz CT molecular complexity index is 354. The molecule has 3 rings (SSSR count). The Labute approximate surface area is 106 Å². The highest BCUT2D eigenvalue weighted by Crippen LogP contribution is 2.28. The van der Waals surface area contributed by atoms with Crippen molar-refractivity contribution in [2.24, 2.45) is 0 Å². The Kier molecular flexibility index (Phi) is 3.61. The van der Waals surface area contributed by atoms with Crippen molar-refractivity contribution in [1.29, 1.82) is 0 Å². The molecule has 0 amide bonds. The molecule has 0 spiro atoms. The first-order chi connectivity index (χ1) is 8.43. The molecule has 2 aliphatic rings. The molecular weight excluding hydrogens is 234 g/mol. The molecule has 1 saturated carbocycles. The van der Waals surface area contributed by atoms with Gasteiger partial charge in [0, 0.05) is 11.5 Å². The molecule has 5 nitrogen and oxygen atoms in total. The maximum Gasteiger partial charge on any atom is 0.206 e. The smallest absolute Gasteiger partial charge is 0.206 e. The Morgan fingerprint density at radius 2 is 2.00 bits per heavy atom. The Hall–Kier alpha value is -0.620. The summed E-state index contributed by atoms with van der Waals surface area (Å²) in [6.07, 6.45) is 5.17. The lowest BCUT2D eigenvalue weighted by Gasteiger charge is -2.23. The molecule has 2 fully saturated rings. The van der Waals surface area contributed by atoms with Crippen LogP contribution in [0.15, 0.2) is 0 Å². The number of thioether (sulfide) groups is 1. The minimum absolute atomic E-state index is 0.568. The normalized spacial score (nSPS) is 23.3. The molecule has 1 aliphatic heterocycles. The third kappa shape index (κ3) is 2.63. The lowest BCUT2D eigenvalue weighted by atomic mass is 10.2. The van der Waals surface area contributed by atoms with Gasteiger partial charge in [-0.1, -0.05) is 12.8 Å². The zero-order valence-electron chi connectivity index (χ0n) is 10.1. The molecule has 1 N–H and O–H groups in total. The SMILES string of the molecule is C1CCC(n2nnnc2C[NH+]2CCSCC2)C1. The number of aromatic nitrogens is 4. The van der Waals surface area contributed by atoms with Gasteiger partial charge in [0.05, 0.1) is 19.1 Å². The van der Waals surface area contributed by atoms with Gasteiger partial charge in [0.2, 0.25) is 5.82 Å². The summed E-state index contributed by atoms with van der Waals surface area (Å²) in [6, 6.07) is 0.568. The summed E-state index contributed by atoms with van der Waals surface area (Å²) in [6.45, 7) is 3.51. The van der Waals surface area contributed by atoms with E-state index in [9.17, 15) is 0 Å². The number of nitrogens with one attached hydrogen (secondary N) is 1. The third-order valence-electron chi connectivity index (χ3n) is 3.84. The lowest BCUT2D eigenvalue weighted by Crippen LogP contribution is -3.12. The van der Waals surface area contributed by atoms with Gasteiger partial charge in [-0.05, 0) is 23.3 Å². The molecule has 1 aromatic heterocycles. The first kappa shape index (κ1) is 11.5. The van der Waals surface area contributed by atoms with Gasteiger partial charge in [0.1, 0.15) is 6.54 Å². The van der Waals surface area contributed by atoms with Gasteiger partial charge in [-0.2, -0.15) is 11.8 Å². The molecule has 0 aromatic carbocycles. The van der Waals surface area contributed by atoms with E-state index in [2.05, 4.69) is 32.0 Å². The zero-order valence-corrected chi connectivity index (χ0v) is 11.0. The predicted molar refractivity (Wildman–Crippen MR) is 67.0 cm³/mol. The standard InChI is InChI=1S/C11H19N5S/c1-2-4-10(3-1)16-11(12-13-14-16)9-15-5-7-17-8-6-15/h10H,1-9H2/p+1. The van der Waals surface area contributed by atoms with Crippen molar-refractivity contribution in [3.8, 4) is 0 Å². The fourth-order valence-corrected chi connectivity index (χ4v) is 3.89. The molecule has 0 unspecified atom stereocenters. The van der Waals surface area contributed by atoms with Crippen LogP contribution in [0.25, 0.3) is 0 Å². The van der Waals surface area contributed by atoms with Gasteiger partial charge in [-0.3, -0.25) is 0 Å². The van der Waals surface area contributed by atoms with Crippen LogP contribution in [0.3, 0.4) is 0 Å². The molecule has 1 aromatic rings. The summed E-state index contributed by atoms with van der Waals surface area (Å²) >= 11 is 2.06. The predicted octanol–water partition coefficient (Wildman–Crippen LogP) is -0.0801. The van der Waals surface area contributed by atoms with Crippen molar-refractivity contribution in [2.75, 3.05) is 24.6 Å². The molecule has 2 heterocycles. The number of hydrogen-bond donors (Lipinski definition) is 1. The number of rotatable bonds is 3. The lowest BCUT2D eigenvalue weighted by molar-refractivity contribution is -0.910. The topological polar surface area (TPSA) is 48.0 Å². The molecule has 6 heteroatoms. The van der Waals surface area contributed by atoms with E-state index in [1.807, 2.05) is 0 Å². The van der Waals surface area contributed by atoms with Crippen LogP contribution in [-0.2, 0) is 6.54 Å². The van der Waals surface area contributed by atoms with E-state index < -0.39 is 0 Å². The van der Waals surface area contributed by atoms with E-state index in [4.69, 9.17) is 0 Å².